The zero-order valence-corrected chi connectivity index (χ0v) is 17.5. The fraction of sp³-hybridized carbons (Fsp3) is 0.600. The highest BCUT2D eigenvalue weighted by Crippen LogP contribution is 2.25. The highest BCUT2D eigenvalue weighted by Gasteiger charge is 2.31. The molecule has 0 saturated heterocycles. The number of nitrogens with zero attached hydrogens (tertiary/aromatic N) is 1. The standard InChI is InChI=1S/C12H16FNO.C8H17NO2/c1-8-5-6-10(13)7-11(8)12(3,14-4)9(2)15;1-6-9(5)7(10)11-8(2,3)4/h5-7,14H,1-4H3;6H2,1-5H3. The number of aryl methyl sites for hydroxylation is 1. The van der Waals surface area contributed by atoms with E-state index in [9.17, 15) is 14.0 Å². The molecule has 0 fully saturated rings. The summed E-state index contributed by atoms with van der Waals surface area (Å²) in [4.78, 5) is 24.2. The topological polar surface area (TPSA) is 58.6 Å². The number of rotatable bonds is 4. The van der Waals surface area contributed by atoms with Crippen LogP contribution in [0.5, 0.6) is 0 Å². The van der Waals surface area contributed by atoms with Crippen molar-refractivity contribution in [2.75, 3.05) is 20.6 Å². The molecular formula is C20H33FN2O3. The summed E-state index contributed by atoms with van der Waals surface area (Å²) >= 11 is 0. The molecule has 0 aliphatic carbocycles. The third-order valence-corrected chi connectivity index (χ3v) is 4.12. The predicted octanol–water partition coefficient (Wildman–Crippen LogP) is 4.03. The van der Waals surface area contributed by atoms with Crippen LogP contribution in [-0.2, 0) is 15.1 Å². The van der Waals surface area contributed by atoms with E-state index < -0.39 is 5.54 Å². The lowest BCUT2D eigenvalue weighted by Gasteiger charge is -2.28. The first-order chi connectivity index (χ1) is 11.8. The number of hydrogen-bond acceptors (Lipinski definition) is 4. The maximum Gasteiger partial charge on any atom is 0.410 e. The van der Waals surface area contributed by atoms with Crippen LogP contribution < -0.4 is 5.32 Å². The summed E-state index contributed by atoms with van der Waals surface area (Å²) in [6, 6.07) is 4.49. The average Bonchev–Trinajstić information content (AvgIpc) is 2.54. The predicted molar refractivity (Wildman–Crippen MR) is 103 cm³/mol. The third kappa shape index (κ3) is 7.12. The molecule has 26 heavy (non-hydrogen) atoms. The van der Waals surface area contributed by atoms with E-state index in [0.717, 1.165) is 5.56 Å². The Balaban J connectivity index is 0.000000508. The second-order valence-electron chi connectivity index (χ2n) is 7.38. The summed E-state index contributed by atoms with van der Waals surface area (Å²) in [6.07, 6.45) is -0.264. The van der Waals surface area contributed by atoms with Gasteiger partial charge in [0.2, 0.25) is 0 Å². The van der Waals surface area contributed by atoms with Gasteiger partial charge in [-0.1, -0.05) is 6.07 Å². The maximum absolute atomic E-state index is 13.1. The molecule has 6 heteroatoms. The molecule has 5 nitrogen and oxygen atoms in total. The van der Waals surface area contributed by atoms with Gasteiger partial charge in [-0.15, -0.1) is 0 Å². The molecular weight excluding hydrogens is 335 g/mol. The first kappa shape index (κ1) is 24.1. The van der Waals surface area contributed by atoms with Crippen LogP contribution in [0, 0.1) is 12.7 Å². The third-order valence-electron chi connectivity index (χ3n) is 4.12. The lowest BCUT2D eigenvalue weighted by Crippen LogP contribution is -2.43. The van der Waals surface area contributed by atoms with Gasteiger partial charge >= 0.3 is 6.09 Å². The molecule has 1 unspecified atom stereocenters. The summed E-state index contributed by atoms with van der Waals surface area (Å²) in [6.45, 7) is 13.3. The molecule has 0 bridgehead atoms. The van der Waals surface area contributed by atoms with Crippen molar-refractivity contribution in [3.63, 3.8) is 0 Å². The highest BCUT2D eigenvalue weighted by atomic mass is 19.1. The van der Waals surface area contributed by atoms with Gasteiger partial charge in [-0.25, -0.2) is 9.18 Å². The smallest absolute Gasteiger partial charge is 0.410 e. The number of amides is 1. The Kier molecular flexibility index (Phi) is 8.94. The van der Waals surface area contributed by atoms with Crippen molar-refractivity contribution in [3.8, 4) is 0 Å². The Morgan fingerprint density at radius 1 is 1.23 bits per heavy atom. The summed E-state index contributed by atoms with van der Waals surface area (Å²) in [5, 5.41) is 2.95. The fourth-order valence-electron chi connectivity index (χ4n) is 2.10. The molecule has 1 N–H and O–H groups in total. The normalized spacial score (nSPS) is 13.2. The lowest BCUT2D eigenvalue weighted by atomic mass is 9.85. The number of Topliss-reactive ketones (excluding diaryl/α,β-unsaturated/α-hetero) is 1. The average molecular weight is 368 g/mol. The second-order valence-corrected chi connectivity index (χ2v) is 7.38. The van der Waals surface area contributed by atoms with Gasteiger partial charge in [-0.05, 0) is 78.8 Å². The molecule has 1 atom stereocenters. The van der Waals surface area contributed by atoms with Crippen molar-refractivity contribution < 1.29 is 18.7 Å². The minimum Gasteiger partial charge on any atom is -0.444 e. The number of likely N-dealkylation sites (N-methyl/N-ethyl adjacent to an activating group) is 1. The first-order valence-corrected chi connectivity index (χ1v) is 8.69. The van der Waals surface area contributed by atoms with Gasteiger partial charge < -0.3 is 15.0 Å². The molecule has 148 valence electrons. The Bertz CT molecular complexity index is 626. The molecule has 1 aromatic carbocycles. The largest absolute Gasteiger partial charge is 0.444 e. The van der Waals surface area contributed by atoms with Crippen molar-refractivity contribution >= 4 is 11.9 Å². The monoisotopic (exact) mass is 368 g/mol. The zero-order valence-electron chi connectivity index (χ0n) is 17.5. The quantitative estimate of drug-likeness (QED) is 0.872. The summed E-state index contributed by atoms with van der Waals surface area (Å²) in [7, 11) is 3.42. The Labute approximate surface area is 156 Å². The maximum atomic E-state index is 13.1. The zero-order chi connectivity index (χ0) is 20.7. The highest BCUT2D eigenvalue weighted by molar-refractivity contribution is 5.87. The molecule has 0 heterocycles. The van der Waals surface area contributed by atoms with Crippen molar-refractivity contribution in [3.05, 3.63) is 35.1 Å². The van der Waals surface area contributed by atoms with E-state index in [-0.39, 0.29) is 23.3 Å². The molecule has 0 aliphatic rings. The van der Waals surface area contributed by atoms with E-state index in [1.807, 2.05) is 34.6 Å². The van der Waals surface area contributed by atoms with Crippen LogP contribution in [0.25, 0.3) is 0 Å². The Morgan fingerprint density at radius 3 is 2.15 bits per heavy atom. The van der Waals surface area contributed by atoms with Gasteiger partial charge in [0, 0.05) is 13.6 Å². The van der Waals surface area contributed by atoms with Crippen LogP contribution in [0.1, 0.15) is 52.7 Å². The summed E-state index contributed by atoms with van der Waals surface area (Å²) < 4.78 is 18.2. The number of carbonyl (C=O) groups excluding carboxylic acids is 2. The van der Waals surface area contributed by atoms with Gasteiger partial charge in [0.15, 0.2) is 5.78 Å². The van der Waals surface area contributed by atoms with Crippen LogP contribution in [0.2, 0.25) is 0 Å². The van der Waals surface area contributed by atoms with Crippen LogP contribution in [-0.4, -0.2) is 43.0 Å². The van der Waals surface area contributed by atoms with Gasteiger partial charge in [0.1, 0.15) is 11.4 Å². The number of halogens is 1. The van der Waals surface area contributed by atoms with E-state index in [1.54, 1.807) is 27.1 Å². The van der Waals surface area contributed by atoms with Gasteiger partial charge in [-0.3, -0.25) is 4.79 Å². The van der Waals surface area contributed by atoms with Crippen LogP contribution in [0.4, 0.5) is 9.18 Å². The van der Waals surface area contributed by atoms with E-state index >= 15 is 0 Å². The molecule has 1 amide bonds. The number of carbonyl (C=O) groups is 2. The van der Waals surface area contributed by atoms with E-state index in [0.29, 0.717) is 12.1 Å². The van der Waals surface area contributed by atoms with Crippen molar-refractivity contribution in [2.45, 2.75) is 59.6 Å². The summed E-state index contributed by atoms with van der Waals surface area (Å²) in [5.74, 6) is -0.350. The van der Waals surface area contributed by atoms with Crippen LogP contribution in [0.15, 0.2) is 18.2 Å². The van der Waals surface area contributed by atoms with E-state index in [1.165, 1.54) is 24.0 Å². The lowest BCUT2D eigenvalue weighted by molar-refractivity contribution is -0.122. The summed E-state index contributed by atoms with van der Waals surface area (Å²) in [5.41, 5.74) is 0.396. The second kappa shape index (κ2) is 9.67. The Hall–Kier alpha value is -1.95. The van der Waals surface area contributed by atoms with Crippen LogP contribution in [0.3, 0.4) is 0 Å². The Morgan fingerprint density at radius 2 is 1.77 bits per heavy atom. The minimum atomic E-state index is -0.813. The number of ether oxygens (including phenoxy) is 1. The number of nitrogens with one attached hydrogen (secondary N) is 1. The van der Waals surface area contributed by atoms with Gasteiger partial charge in [0.05, 0.1) is 5.54 Å². The van der Waals surface area contributed by atoms with Gasteiger partial charge in [0.25, 0.3) is 0 Å². The molecule has 1 aromatic rings. The first-order valence-electron chi connectivity index (χ1n) is 8.69. The minimum absolute atomic E-state index is 0.0290. The van der Waals surface area contributed by atoms with Crippen molar-refractivity contribution in [1.29, 1.82) is 0 Å². The number of benzene rings is 1. The molecule has 1 rings (SSSR count). The molecule has 0 radical (unpaired) electrons. The molecule has 0 spiro atoms. The van der Waals surface area contributed by atoms with Crippen LogP contribution >= 0.6 is 0 Å². The molecule has 0 aliphatic heterocycles. The molecule has 0 aromatic heterocycles. The van der Waals surface area contributed by atoms with Crippen molar-refractivity contribution in [2.24, 2.45) is 0 Å². The number of ketones is 1. The van der Waals surface area contributed by atoms with E-state index in [4.69, 9.17) is 4.74 Å². The fourth-order valence-corrected chi connectivity index (χ4v) is 2.10. The number of hydrogen-bond donors (Lipinski definition) is 1. The van der Waals surface area contributed by atoms with E-state index in [2.05, 4.69) is 5.32 Å². The van der Waals surface area contributed by atoms with Crippen molar-refractivity contribution in [1.82, 2.24) is 10.2 Å². The SMILES string of the molecule is CCN(C)C(=O)OC(C)(C)C.CNC(C)(C(C)=O)c1cc(F)ccc1C. The van der Waals surface area contributed by atoms with Gasteiger partial charge in [-0.2, -0.15) is 0 Å². The molecule has 0 saturated carbocycles.